The lowest BCUT2D eigenvalue weighted by atomic mass is 9.73. The van der Waals surface area contributed by atoms with Gasteiger partial charge in [-0.3, -0.25) is 0 Å². The van der Waals surface area contributed by atoms with E-state index in [1.807, 2.05) is 13.8 Å². The summed E-state index contributed by atoms with van der Waals surface area (Å²) in [7, 11) is 0. The molecular weight excluding hydrogens is 588 g/mol. The van der Waals surface area contributed by atoms with E-state index < -0.39 is 47.1 Å². The Bertz CT molecular complexity index is 1950. The second-order valence-corrected chi connectivity index (χ2v) is 12.3. The first-order chi connectivity index (χ1) is 21.3. The summed E-state index contributed by atoms with van der Waals surface area (Å²) in [6.07, 6.45) is -2.87. The molecule has 0 unspecified atom stereocenters. The van der Waals surface area contributed by atoms with Crippen molar-refractivity contribution in [2.75, 3.05) is 0 Å². The first-order valence-electron chi connectivity index (χ1n) is 14.2. The maximum atomic E-state index is 12.1. The maximum Gasteiger partial charge on any atom is 0.305 e. The van der Waals surface area contributed by atoms with Crippen molar-refractivity contribution in [1.82, 2.24) is 0 Å². The summed E-state index contributed by atoms with van der Waals surface area (Å²) in [4.78, 5) is 0. The lowest BCUT2D eigenvalue weighted by Crippen LogP contribution is -2.57. The zero-order valence-electron chi connectivity index (χ0n) is 23.8. The normalized spacial score (nSPS) is 26.5. The number of fused-ring (bicyclic) bond motifs is 11. The van der Waals surface area contributed by atoms with Crippen molar-refractivity contribution in [3.8, 4) is 57.5 Å². The summed E-state index contributed by atoms with van der Waals surface area (Å²) < 4.78 is 25.6. The molecule has 4 aromatic carbocycles. The molecule has 0 saturated carbocycles. The van der Waals surface area contributed by atoms with Gasteiger partial charge in [0.1, 0.15) is 46.7 Å². The smallest absolute Gasteiger partial charge is 0.305 e. The van der Waals surface area contributed by atoms with Crippen LogP contribution in [0.1, 0.15) is 59.3 Å². The Hall–Kier alpha value is -5.20. The van der Waals surface area contributed by atoms with Crippen molar-refractivity contribution < 1.29 is 59.8 Å². The van der Waals surface area contributed by atoms with E-state index in [1.54, 1.807) is 0 Å². The Morgan fingerprint density at radius 2 is 1.40 bits per heavy atom. The first-order valence-corrected chi connectivity index (χ1v) is 14.2. The fraction of sp³-hybridized carbons (Fsp3) is 0.273. The number of rotatable bonds is 1. The van der Waals surface area contributed by atoms with Crippen LogP contribution in [0.5, 0.6) is 57.5 Å². The molecule has 4 aromatic rings. The van der Waals surface area contributed by atoms with Crippen LogP contribution >= 0.6 is 0 Å². The largest absolute Gasteiger partial charge is 0.508 e. The summed E-state index contributed by atoms with van der Waals surface area (Å²) in [6, 6.07) is 10.3. The molecule has 4 aliphatic rings. The molecule has 8 N–H and O–H groups in total. The van der Waals surface area contributed by atoms with Crippen molar-refractivity contribution >= 4 is 0 Å². The molecule has 4 aliphatic heterocycles. The highest BCUT2D eigenvalue weighted by atomic mass is 16.7. The van der Waals surface area contributed by atoms with Gasteiger partial charge in [0.2, 0.25) is 0 Å². The van der Waals surface area contributed by atoms with Gasteiger partial charge in [0, 0.05) is 52.4 Å². The van der Waals surface area contributed by atoms with Crippen LogP contribution in [0.2, 0.25) is 0 Å². The van der Waals surface area contributed by atoms with Crippen molar-refractivity contribution in [2.45, 2.75) is 55.9 Å². The van der Waals surface area contributed by atoms with Crippen molar-refractivity contribution in [3.05, 3.63) is 81.9 Å². The van der Waals surface area contributed by atoms with Gasteiger partial charge in [-0.1, -0.05) is 0 Å². The minimum Gasteiger partial charge on any atom is -0.508 e. The van der Waals surface area contributed by atoms with Crippen LogP contribution in [0.15, 0.2) is 48.5 Å². The summed E-state index contributed by atoms with van der Waals surface area (Å²) in [5, 5.41) is 85.8. The molecule has 12 nitrogen and oxygen atoms in total. The Kier molecular flexibility index (Phi) is 5.29. The van der Waals surface area contributed by atoms with Gasteiger partial charge < -0.3 is 59.8 Å². The number of ether oxygens (including phenoxy) is 4. The summed E-state index contributed by atoms with van der Waals surface area (Å²) in [6.45, 7) is 3.64. The van der Waals surface area contributed by atoms with Gasteiger partial charge in [-0.2, -0.15) is 0 Å². The van der Waals surface area contributed by atoms with Crippen LogP contribution in [0, 0.1) is 0 Å². The van der Waals surface area contributed by atoms with Crippen LogP contribution in [-0.4, -0.2) is 53.1 Å². The number of phenolic OH excluding ortho intramolecular Hbond substituents is 7. The molecule has 5 atom stereocenters. The van der Waals surface area contributed by atoms with E-state index in [-0.39, 0.29) is 69.1 Å². The molecule has 0 saturated heterocycles. The van der Waals surface area contributed by atoms with Crippen molar-refractivity contribution in [2.24, 2.45) is 0 Å². The topological polar surface area (TPSA) is 199 Å². The monoisotopic (exact) mass is 616 g/mol. The number of aliphatic hydroxyl groups is 1. The highest BCUT2D eigenvalue weighted by Gasteiger charge is 2.60. The van der Waals surface area contributed by atoms with E-state index in [9.17, 15) is 40.9 Å². The number of aliphatic hydroxyl groups excluding tert-OH is 1. The van der Waals surface area contributed by atoms with Crippen LogP contribution in [-0.2, 0) is 22.5 Å². The van der Waals surface area contributed by atoms with Crippen LogP contribution in [0.4, 0.5) is 0 Å². The highest BCUT2D eigenvalue weighted by molar-refractivity contribution is 5.68. The van der Waals surface area contributed by atoms with Gasteiger partial charge in [0.15, 0.2) is 29.1 Å². The van der Waals surface area contributed by atoms with Gasteiger partial charge in [0.05, 0.1) is 11.5 Å². The average molecular weight is 617 g/mol. The second-order valence-electron chi connectivity index (χ2n) is 12.3. The molecular formula is C33H28O12. The zero-order chi connectivity index (χ0) is 31.7. The average Bonchev–Trinajstić information content (AvgIpc) is 2.95. The molecule has 0 aromatic heterocycles. The maximum absolute atomic E-state index is 12.1. The molecule has 0 spiro atoms. The fourth-order valence-corrected chi connectivity index (χ4v) is 7.23. The van der Waals surface area contributed by atoms with Gasteiger partial charge in [0.25, 0.3) is 0 Å². The van der Waals surface area contributed by atoms with Crippen molar-refractivity contribution in [1.29, 1.82) is 0 Å². The Morgan fingerprint density at radius 3 is 2.13 bits per heavy atom. The SMILES string of the molecule is CC1(C)O[C@H]2Cc3c(O)cc4c(c3O[C@@H]2c2cc(O)c(O)cc21)[C@H]1c2c(O)cc(O)cc2O[C@@](c2ccc(O)c(O)c2)(O4)[C@@H]1O. The molecule has 8 rings (SSSR count). The Morgan fingerprint density at radius 1 is 0.711 bits per heavy atom. The molecule has 2 bridgehead atoms. The van der Waals surface area contributed by atoms with E-state index >= 15 is 0 Å². The molecule has 12 heteroatoms. The standard InChI is InChI=1S/C33H28O12/c1-32(2)16-10-21(39)20(38)8-14(16)29-25(43-32)9-15-18(36)11-24-27(30(15)42-29)28-26-22(40)6-13(34)7-23(26)44-33(45-24,31(28)41)12-3-4-17(35)19(37)5-12/h3-8,10-11,25,28-29,31,34-41H,9H2,1-2H3/t25-,28+,29+,31+,33-/m0/s1. The van der Waals surface area contributed by atoms with Crippen molar-refractivity contribution in [3.63, 3.8) is 0 Å². The number of phenols is 7. The molecule has 4 heterocycles. The highest BCUT2D eigenvalue weighted by Crippen LogP contribution is 2.63. The van der Waals surface area contributed by atoms with Gasteiger partial charge >= 0.3 is 5.79 Å². The molecule has 45 heavy (non-hydrogen) atoms. The zero-order valence-corrected chi connectivity index (χ0v) is 23.8. The molecule has 0 radical (unpaired) electrons. The number of hydrogen-bond acceptors (Lipinski definition) is 12. The van der Waals surface area contributed by atoms with Gasteiger partial charge in [-0.15, -0.1) is 0 Å². The quantitative estimate of drug-likeness (QED) is 0.143. The van der Waals surface area contributed by atoms with E-state index in [0.717, 1.165) is 12.1 Å². The predicted octanol–water partition coefficient (Wildman–Crippen LogP) is 4.07. The molecule has 232 valence electrons. The molecule has 0 aliphatic carbocycles. The summed E-state index contributed by atoms with van der Waals surface area (Å²) >= 11 is 0. The van der Waals surface area contributed by atoms with Crippen LogP contribution in [0.25, 0.3) is 0 Å². The molecule has 0 fully saturated rings. The first kappa shape index (κ1) is 27.4. The number of aromatic hydroxyl groups is 7. The molecule has 0 amide bonds. The van der Waals surface area contributed by atoms with Crippen LogP contribution < -0.4 is 14.2 Å². The Labute approximate surface area is 255 Å². The van der Waals surface area contributed by atoms with Crippen LogP contribution in [0.3, 0.4) is 0 Å². The summed E-state index contributed by atoms with van der Waals surface area (Å²) in [5.74, 6) is -5.51. The fourth-order valence-electron chi connectivity index (χ4n) is 7.23. The lowest BCUT2D eigenvalue weighted by molar-refractivity contribution is -0.219. The van der Waals surface area contributed by atoms with E-state index in [4.69, 9.17) is 18.9 Å². The summed E-state index contributed by atoms with van der Waals surface area (Å²) in [5.41, 5.74) is 1.10. The lowest BCUT2D eigenvalue weighted by Gasteiger charge is -2.51. The van der Waals surface area contributed by atoms with Gasteiger partial charge in [-0.05, 0) is 49.7 Å². The number of hydrogen-bond donors (Lipinski definition) is 8. The predicted molar refractivity (Wildman–Crippen MR) is 153 cm³/mol. The third-order valence-corrected chi connectivity index (χ3v) is 9.23. The minimum absolute atomic E-state index is 0.0231. The Balaban J connectivity index is 1.37. The van der Waals surface area contributed by atoms with E-state index in [2.05, 4.69) is 0 Å². The third kappa shape index (κ3) is 3.60. The van der Waals surface area contributed by atoms with Gasteiger partial charge in [-0.25, -0.2) is 0 Å². The number of benzene rings is 4. The van der Waals surface area contributed by atoms with E-state index in [1.165, 1.54) is 36.4 Å². The second kappa shape index (κ2) is 8.71. The van der Waals surface area contributed by atoms with E-state index in [0.29, 0.717) is 16.7 Å². The minimum atomic E-state index is -2.07. The third-order valence-electron chi connectivity index (χ3n) is 9.23.